The van der Waals surface area contributed by atoms with Crippen LogP contribution in [-0.4, -0.2) is 5.97 Å². The largest absolute Gasteiger partial charge is 0.412 e. The Morgan fingerprint density at radius 3 is 1.61 bits per heavy atom. The zero-order valence-corrected chi connectivity index (χ0v) is 17.8. The van der Waals surface area contributed by atoms with E-state index in [2.05, 4.69) is 12.1 Å². The van der Waals surface area contributed by atoms with Crippen molar-refractivity contribution < 1.29 is 9.53 Å². The highest BCUT2D eigenvalue weighted by Crippen LogP contribution is 2.32. The number of ether oxygens (including phenoxy) is 1. The number of carbonyl (C=O) groups excluding carboxylic acids is 1. The van der Waals surface area contributed by atoms with Crippen LogP contribution in [0.25, 0.3) is 21.5 Å². The van der Waals surface area contributed by atoms with E-state index in [1.54, 1.807) is 0 Å². The highest BCUT2D eigenvalue weighted by Gasteiger charge is 2.39. The lowest BCUT2D eigenvalue weighted by atomic mass is 10.0. The molecule has 6 rings (SSSR count). The molecular formula is C29H20N2O2. The van der Waals surface area contributed by atoms with E-state index < -0.39 is 5.85 Å². The smallest absolute Gasteiger partial charge is 0.330 e. The summed E-state index contributed by atoms with van der Waals surface area (Å²) in [7, 11) is 0. The molecule has 5 aromatic rings. The normalized spacial score (nSPS) is 13.8. The van der Waals surface area contributed by atoms with E-state index in [9.17, 15) is 4.79 Å². The number of rotatable bonds is 4. The van der Waals surface area contributed by atoms with Crippen LogP contribution in [0.1, 0.15) is 11.1 Å². The molecule has 0 saturated heterocycles. The number of hydrogen-bond donors (Lipinski definition) is 0. The number of esters is 1. The summed E-state index contributed by atoms with van der Waals surface area (Å²) >= 11 is 0. The molecule has 4 nitrogen and oxygen atoms in total. The molecule has 1 aliphatic rings. The Kier molecular flexibility index (Phi) is 4.51. The lowest BCUT2D eigenvalue weighted by molar-refractivity contribution is -0.158. The van der Waals surface area contributed by atoms with E-state index >= 15 is 0 Å². The van der Waals surface area contributed by atoms with Crippen molar-refractivity contribution in [1.82, 2.24) is 0 Å². The number of carbonyl (C=O) groups is 1. The average molecular weight is 428 g/mol. The molecule has 0 spiro atoms. The molecule has 0 fully saturated rings. The third-order valence-electron chi connectivity index (χ3n) is 6.00. The summed E-state index contributed by atoms with van der Waals surface area (Å²) in [6, 6.07) is 35.4. The SMILES string of the molecule is O=C(Cc1ccccc1)OC1(c2ccccc2)N=c2c(c3ccccc3c3ccccc23)=N1. The molecule has 4 heteroatoms. The van der Waals surface area contributed by atoms with Crippen LogP contribution in [-0.2, 0) is 21.8 Å². The van der Waals surface area contributed by atoms with Crippen LogP contribution >= 0.6 is 0 Å². The van der Waals surface area contributed by atoms with Crippen LogP contribution in [0.15, 0.2) is 119 Å². The summed E-state index contributed by atoms with van der Waals surface area (Å²) in [5.74, 6) is -1.83. The third kappa shape index (κ3) is 3.28. The van der Waals surface area contributed by atoms with Gasteiger partial charge in [-0.05, 0) is 16.3 Å². The van der Waals surface area contributed by atoms with Gasteiger partial charge in [-0.3, -0.25) is 4.79 Å². The highest BCUT2D eigenvalue weighted by atomic mass is 16.6. The lowest BCUT2D eigenvalue weighted by Crippen LogP contribution is -2.29. The van der Waals surface area contributed by atoms with Crippen LogP contribution in [0.5, 0.6) is 0 Å². The minimum Gasteiger partial charge on any atom is -0.412 e. The summed E-state index contributed by atoms with van der Waals surface area (Å²) in [4.78, 5) is 23.1. The van der Waals surface area contributed by atoms with E-state index in [1.165, 1.54) is 0 Å². The van der Waals surface area contributed by atoms with Crippen molar-refractivity contribution >= 4 is 27.5 Å². The number of benzene rings is 5. The van der Waals surface area contributed by atoms with Gasteiger partial charge in [0.1, 0.15) is 0 Å². The van der Waals surface area contributed by atoms with Crippen molar-refractivity contribution in [2.24, 2.45) is 9.98 Å². The fourth-order valence-electron chi connectivity index (χ4n) is 4.50. The Morgan fingerprint density at radius 2 is 1.06 bits per heavy atom. The number of hydrogen-bond acceptors (Lipinski definition) is 4. The Bertz CT molecular complexity index is 1550. The van der Waals surface area contributed by atoms with E-state index in [1.807, 2.05) is 97.1 Å². The summed E-state index contributed by atoms with van der Waals surface area (Å²) in [6.07, 6.45) is 0.151. The Balaban J connectivity index is 1.59. The molecule has 0 aromatic heterocycles. The molecule has 0 unspecified atom stereocenters. The predicted molar refractivity (Wildman–Crippen MR) is 128 cm³/mol. The van der Waals surface area contributed by atoms with Gasteiger partial charge in [0, 0.05) is 16.3 Å². The topological polar surface area (TPSA) is 51.0 Å². The van der Waals surface area contributed by atoms with Crippen molar-refractivity contribution in [3.8, 4) is 0 Å². The zero-order chi connectivity index (χ0) is 22.3. The van der Waals surface area contributed by atoms with Crippen molar-refractivity contribution in [2.45, 2.75) is 12.3 Å². The van der Waals surface area contributed by atoms with Crippen molar-refractivity contribution in [3.63, 3.8) is 0 Å². The molecule has 1 aliphatic heterocycles. The molecule has 0 radical (unpaired) electrons. The number of fused-ring (bicyclic) bond motifs is 6. The fourth-order valence-corrected chi connectivity index (χ4v) is 4.50. The molecule has 0 amide bonds. The second-order valence-electron chi connectivity index (χ2n) is 8.12. The maximum atomic E-state index is 13.1. The van der Waals surface area contributed by atoms with Gasteiger partial charge in [-0.25, -0.2) is 9.98 Å². The molecule has 158 valence electrons. The van der Waals surface area contributed by atoms with Gasteiger partial charge < -0.3 is 4.74 Å². The monoisotopic (exact) mass is 428 g/mol. The second-order valence-corrected chi connectivity index (χ2v) is 8.12. The van der Waals surface area contributed by atoms with Gasteiger partial charge in [0.25, 0.3) is 0 Å². The maximum absolute atomic E-state index is 13.1. The van der Waals surface area contributed by atoms with Crippen LogP contribution in [0.4, 0.5) is 0 Å². The lowest BCUT2D eigenvalue weighted by Gasteiger charge is -2.23. The minimum atomic E-state index is -1.46. The van der Waals surface area contributed by atoms with Gasteiger partial charge in [0.05, 0.1) is 17.1 Å². The average Bonchev–Trinajstić information content (AvgIpc) is 3.26. The molecule has 33 heavy (non-hydrogen) atoms. The van der Waals surface area contributed by atoms with Crippen molar-refractivity contribution in [2.75, 3.05) is 0 Å². The summed E-state index contributed by atoms with van der Waals surface area (Å²) in [6.45, 7) is 0. The first-order valence-corrected chi connectivity index (χ1v) is 10.9. The summed E-state index contributed by atoms with van der Waals surface area (Å²) in [5.41, 5.74) is 1.60. The molecule has 0 saturated carbocycles. The van der Waals surface area contributed by atoms with Crippen LogP contribution < -0.4 is 10.7 Å². The second kappa shape index (κ2) is 7.68. The van der Waals surface area contributed by atoms with E-state index in [0.29, 0.717) is 0 Å². The molecule has 5 aromatic carbocycles. The van der Waals surface area contributed by atoms with Gasteiger partial charge in [-0.15, -0.1) is 0 Å². The Morgan fingerprint density at radius 1 is 0.606 bits per heavy atom. The van der Waals surface area contributed by atoms with Gasteiger partial charge in [0.15, 0.2) is 0 Å². The third-order valence-corrected chi connectivity index (χ3v) is 6.00. The van der Waals surface area contributed by atoms with Gasteiger partial charge in [-0.1, -0.05) is 109 Å². The molecule has 0 atom stereocenters. The Hall–Kier alpha value is -4.31. The van der Waals surface area contributed by atoms with E-state index in [-0.39, 0.29) is 12.4 Å². The first-order chi connectivity index (χ1) is 16.2. The first-order valence-electron chi connectivity index (χ1n) is 10.9. The fraction of sp³-hybridized carbons (Fsp3) is 0.0690. The molecule has 0 bridgehead atoms. The van der Waals surface area contributed by atoms with Gasteiger partial charge >= 0.3 is 11.8 Å². The predicted octanol–water partition coefficient (Wildman–Crippen LogP) is 4.84. The molecular weight excluding hydrogens is 408 g/mol. The van der Waals surface area contributed by atoms with Crippen LogP contribution in [0.2, 0.25) is 0 Å². The molecule has 0 N–H and O–H groups in total. The van der Waals surface area contributed by atoms with Crippen LogP contribution in [0.3, 0.4) is 0 Å². The molecule has 0 aliphatic carbocycles. The first kappa shape index (κ1) is 19.4. The summed E-state index contributed by atoms with van der Waals surface area (Å²) < 4.78 is 6.10. The maximum Gasteiger partial charge on any atom is 0.330 e. The minimum absolute atomic E-state index is 0.151. The molecule has 1 heterocycles. The van der Waals surface area contributed by atoms with Crippen molar-refractivity contribution in [1.29, 1.82) is 0 Å². The van der Waals surface area contributed by atoms with Crippen molar-refractivity contribution in [3.05, 3.63) is 131 Å². The number of nitrogens with zero attached hydrogens (tertiary/aromatic N) is 2. The quantitative estimate of drug-likeness (QED) is 0.304. The Labute approximate surface area is 190 Å². The standard InChI is InChI=1S/C29H20N2O2/c32-26(19-20-11-3-1-4-12-20)33-29(21-13-5-2-6-14-21)30-27-24-17-9-7-15-22(24)23-16-8-10-18-25(23)28(27)31-29/h1-18H,19H2. The van der Waals surface area contributed by atoms with Gasteiger partial charge in [0.2, 0.25) is 0 Å². The van der Waals surface area contributed by atoms with E-state index in [0.717, 1.165) is 43.4 Å². The zero-order valence-electron chi connectivity index (χ0n) is 17.8. The van der Waals surface area contributed by atoms with E-state index in [4.69, 9.17) is 14.7 Å². The highest BCUT2D eigenvalue weighted by molar-refractivity contribution is 6.07. The summed E-state index contributed by atoms with van der Waals surface area (Å²) in [5, 5.41) is 5.69. The van der Waals surface area contributed by atoms with Crippen LogP contribution in [0, 0.1) is 0 Å². The van der Waals surface area contributed by atoms with Gasteiger partial charge in [-0.2, -0.15) is 0 Å².